The van der Waals surface area contributed by atoms with Crippen LogP contribution >= 0.6 is 0 Å². The van der Waals surface area contributed by atoms with E-state index in [1.807, 2.05) is 48.0 Å². The molecule has 22 heavy (non-hydrogen) atoms. The maximum absolute atomic E-state index is 12.5. The third-order valence-electron chi connectivity index (χ3n) is 4.55. The molecule has 1 aliphatic heterocycles. The highest BCUT2D eigenvalue weighted by Gasteiger charge is 2.24. The first-order chi connectivity index (χ1) is 10.6. The predicted molar refractivity (Wildman–Crippen MR) is 86.7 cm³/mol. The molecule has 0 radical (unpaired) electrons. The van der Waals surface area contributed by atoms with Crippen LogP contribution in [0.1, 0.15) is 34.6 Å². The van der Waals surface area contributed by atoms with Crippen LogP contribution in [0.5, 0.6) is 0 Å². The topological polar surface area (TPSA) is 38.1 Å². The molecule has 0 N–H and O–H groups in total. The van der Waals surface area contributed by atoms with Crippen LogP contribution in [-0.2, 0) is 13.5 Å². The number of carbonyl (C=O) groups is 1. The van der Waals surface area contributed by atoms with Gasteiger partial charge in [-0.05, 0) is 61.9 Å². The van der Waals surface area contributed by atoms with Gasteiger partial charge in [0.15, 0.2) is 0 Å². The van der Waals surface area contributed by atoms with Gasteiger partial charge in [-0.2, -0.15) is 0 Å². The Morgan fingerprint density at radius 2 is 2.09 bits per heavy atom. The van der Waals surface area contributed by atoms with E-state index in [0.717, 1.165) is 43.7 Å². The number of rotatable bonds is 3. The minimum atomic E-state index is 0.158. The van der Waals surface area contributed by atoms with Gasteiger partial charge in [0.25, 0.3) is 5.91 Å². The number of hydrogen-bond acceptors (Lipinski definition) is 2. The Bertz CT molecular complexity index is 654. The van der Waals surface area contributed by atoms with E-state index < -0.39 is 0 Å². The van der Waals surface area contributed by atoms with E-state index in [0.29, 0.717) is 5.92 Å². The quantitative estimate of drug-likeness (QED) is 0.873. The summed E-state index contributed by atoms with van der Waals surface area (Å²) in [5.74, 6) is 0.824. The first-order valence-electron chi connectivity index (χ1n) is 7.95. The molecule has 0 aliphatic carbocycles. The van der Waals surface area contributed by atoms with Gasteiger partial charge in [0.1, 0.15) is 5.69 Å². The van der Waals surface area contributed by atoms with E-state index in [-0.39, 0.29) is 5.91 Å². The van der Waals surface area contributed by atoms with Crippen molar-refractivity contribution in [2.24, 2.45) is 13.0 Å². The monoisotopic (exact) mass is 297 g/mol. The first kappa shape index (κ1) is 14.8. The fourth-order valence-corrected chi connectivity index (χ4v) is 3.25. The van der Waals surface area contributed by atoms with E-state index in [1.165, 1.54) is 5.56 Å². The lowest BCUT2D eigenvalue weighted by molar-refractivity contribution is 0.0681. The maximum Gasteiger partial charge on any atom is 0.270 e. The molecule has 3 rings (SSSR count). The molecule has 4 nitrogen and oxygen atoms in total. The zero-order valence-electron chi connectivity index (χ0n) is 13.3. The van der Waals surface area contributed by atoms with Crippen molar-refractivity contribution in [1.29, 1.82) is 0 Å². The Morgan fingerprint density at radius 1 is 1.32 bits per heavy atom. The zero-order chi connectivity index (χ0) is 15.5. The molecule has 0 aromatic carbocycles. The Labute approximate surface area is 131 Å². The molecule has 0 unspecified atom stereocenters. The van der Waals surface area contributed by atoms with Crippen molar-refractivity contribution >= 4 is 5.91 Å². The number of nitrogens with zero attached hydrogens (tertiary/aromatic N) is 3. The third kappa shape index (κ3) is 3.21. The number of piperidine rings is 1. The number of pyridine rings is 1. The van der Waals surface area contributed by atoms with Crippen molar-refractivity contribution in [3.8, 4) is 0 Å². The van der Waals surface area contributed by atoms with Gasteiger partial charge in [0.05, 0.1) is 0 Å². The van der Waals surface area contributed by atoms with Gasteiger partial charge >= 0.3 is 0 Å². The fourth-order valence-electron chi connectivity index (χ4n) is 3.25. The predicted octanol–water partition coefficient (Wildman–Crippen LogP) is 2.82. The summed E-state index contributed by atoms with van der Waals surface area (Å²) in [5.41, 5.74) is 3.22. The Morgan fingerprint density at radius 3 is 2.73 bits per heavy atom. The highest BCUT2D eigenvalue weighted by molar-refractivity contribution is 5.92. The van der Waals surface area contributed by atoms with E-state index in [2.05, 4.69) is 17.1 Å². The molecule has 1 aliphatic rings. The van der Waals surface area contributed by atoms with Crippen LogP contribution in [0.4, 0.5) is 0 Å². The number of hydrogen-bond donors (Lipinski definition) is 0. The summed E-state index contributed by atoms with van der Waals surface area (Å²) < 4.78 is 1.90. The summed E-state index contributed by atoms with van der Waals surface area (Å²) in [6.07, 6.45) is 7.06. The molecule has 1 fully saturated rings. The Balaban J connectivity index is 1.56. The van der Waals surface area contributed by atoms with Crippen LogP contribution in [-0.4, -0.2) is 33.4 Å². The molecule has 0 saturated carbocycles. The highest BCUT2D eigenvalue weighted by Crippen LogP contribution is 2.23. The summed E-state index contributed by atoms with van der Waals surface area (Å²) in [4.78, 5) is 18.7. The van der Waals surface area contributed by atoms with Gasteiger partial charge in [0, 0.05) is 38.2 Å². The molecule has 0 bridgehead atoms. The third-order valence-corrected chi connectivity index (χ3v) is 4.55. The van der Waals surface area contributed by atoms with Gasteiger partial charge in [-0.3, -0.25) is 9.78 Å². The summed E-state index contributed by atoms with van der Waals surface area (Å²) in [5, 5.41) is 0. The first-order valence-corrected chi connectivity index (χ1v) is 7.95. The van der Waals surface area contributed by atoms with Crippen molar-refractivity contribution in [3.05, 3.63) is 53.6 Å². The largest absolute Gasteiger partial charge is 0.347 e. The molecule has 116 valence electrons. The number of aryl methyl sites for hydroxylation is 2. The van der Waals surface area contributed by atoms with Crippen LogP contribution in [0.25, 0.3) is 0 Å². The van der Waals surface area contributed by atoms with Gasteiger partial charge in [-0.1, -0.05) is 0 Å². The van der Waals surface area contributed by atoms with Crippen LogP contribution in [0.2, 0.25) is 0 Å². The molecule has 2 aromatic heterocycles. The summed E-state index contributed by atoms with van der Waals surface area (Å²) in [6, 6.07) is 8.09. The van der Waals surface area contributed by atoms with E-state index in [4.69, 9.17) is 0 Å². The lowest BCUT2D eigenvalue weighted by Gasteiger charge is -2.32. The average Bonchev–Trinajstić information content (AvgIpc) is 2.93. The van der Waals surface area contributed by atoms with Crippen LogP contribution < -0.4 is 0 Å². The summed E-state index contributed by atoms with van der Waals surface area (Å²) in [7, 11) is 1.92. The Hall–Kier alpha value is -2.10. The van der Waals surface area contributed by atoms with E-state index >= 15 is 0 Å². The van der Waals surface area contributed by atoms with Gasteiger partial charge in [0.2, 0.25) is 0 Å². The summed E-state index contributed by atoms with van der Waals surface area (Å²) in [6.45, 7) is 3.75. The van der Waals surface area contributed by atoms with Crippen LogP contribution in [0, 0.1) is 12.8 Å². The molecule has 2 aromatic rings. The lowest BCUT2D eigenvalue weighted by Crippen LogP contribution is -2.39. The van der Waals surface area contributed by atoms with Crippen molar-refractivity contribution in [2.45, 2.75) is 26.2 Å². The normalized spacial score (nSPS) is 16.0. The Kier molecular flexibility index (Phi) is 4.27. The molecule has 0 atom stereocenters. The van der Waals surface area contributed by atoms with Gasteiger partial charge in [-0.15, -0.1) is 0 Å². The van der Waals surface area contributed by atoms with Crippen LogP contribution in [0.15, 0.2) is 36.7 Å². The van der Waals surface area contributed by atoms with Gasteiger partial charge < -0.3 is 9.47 Å². The minimum Gasteiger partial charge on any atom is -0.347 e. The molecule has 1 saturated heterocycles. The van der Waals surface area contributed by atoms with Crippen LogP contribution in [0.3, 0.4) is 0 Å². The summed E-state index contributed by atoms with van der Waals surface area (Å²) >= 11 is 0. The number of amides is 1. The van der Waals surface area contributed by atoms with Gasteiger partial charge in [-0.25, -0.2) is 0 Å². The maximum atomic E-state index is 12.5. The van der Waals surface area contributed by atoms with Crippen molar-refractivity contribution in [3.63, 3.8) is 0 Å². The second-order valence-corrected chi connectivity index (χ2v) is 6.25. The number of carbonyl (C=O) groups excluding carboxylic acids is 1. The SMILES string of the molecule is Cc1cc(CC2CCN(C(=O)c3cccn3C)CC2)ccn1. The fraction of sp³-hybridized carbons (Fsp3) is 0.444. The minimum absolute atomic E-state index is 0.158. The number of likely N-dealkylation sites (tertiary alicyclic amines) is 1. The standard InChI is InChI=1S/C18H23N3O/c1-14-12-16(5-8-19-14)13-15-6-10-21(11-7-15)18(22)17-4-3-9-20(17)2/h3-5,8-9,12,15H,6-7,10-11,13H2,1-2H3. The molecule has 4 heteroatoms. The molecular weight excluding hydrogens is 274 g/mol. The highest BCUT2D eigenvalue weighted by atomic mass is 16.2. The zero-order valence-corrected chi connectivity index (χ0v) is 13.3. The van der Waals surface area contributed by atoms with Crippen molar-refractivity contribution < 1.29 is 4.79 Å². The average molecular weight is 297 g/mol. The second-order valence-electron chi connectivity index (χ2n) is 6.25. The number of aromatic nitrogens is 2. The molecular formula is C18H23N3O. The molecule has 0 spiro atoms. The lowest BCUT2D eigenvalue weighted by atomic mass is 9.90. The second kappa shape index (κ2) is 6.34. The van der Waals surface area contributed by atoms with Crippen molar-refractivity contribution in [2.75, 3.05) is 13.1 Å². The van der Waals surface area contributed by atoms with E-state index in [9.17, 15) is 4.79 Å². The smallest absolute Gasteiger partial charge is 0.270 e. The van der Waals surface area contributed by atoms with E-state index in [1.54, 1.807) is 0 Å². The van der Waals surface area contributed by atoms with Crippen molar-refractivity contribution in [1.82, 2.24) is 14.5 Å². The molecule has 3 heterocycles. The molecule has 1 amide bonds.